The lowest BCUT2D eigenvalue weighted by atomic mass is 10.1. The number of fused-ring (bicyclic) bond motifs is 2. The molecule has 50 heavy (non-hydrogen) atoms. The number of rotatable bonds is 22. The van der Waals surface area contributed by atoms with E-state index in [0.29, 0.717) is 89.1 Å². The van der Waals surface area contributed by atoms with Gasteiger partial charge in [-0.25, -0.2) is 0 Å². The van der Waals surface area contributed by atoms with Crippen LogP contribution in [0.2, 0.25) is 0 Å². The Morgan fingerprint density at radius 3 is 1.26 bits per heavy atom. The highest BCUT2D eigenvalue weighted by Crippen LogP contribution is 2.32. The number of epoxide rings is 2. The number of aromatic nitrogens is 1. The predicted octanol–water partition coefficient (Wildman–Crippen LogP) is 6.59. The van der Waals surface area contributed by atoms with Crippen LogP contribution in [-0.2, 0) is 28.4 Å². The molecule has 0 saturated carbocycles. The van der Waals surface area contributed by atoms with Crippen molar-refractivity contribution in [3.05, 3.63) is 91.3 Å². The molecule has 0 radical (unpaired) electrons. The first-order valence-corrected chi connectivity index (χ1v) is 16.9. The Morgan fingerprint density at radius 1 is 0.440 bits per heavy atom. The second-order valence-corrected chi connectivity index (χ2v) is 11.9. The quantitative estimate of drug-likeness (QED) is 0.0582. The second kappa shape index (κ2) is 17.4. The fourth-order valence-electron chi connectivity index (χ4n) is 5.13. The number of ether oxygens (including phenoxy) is 10. The maximum atomic E-state index is 6.15. The monoisotopic (exact) mass is 683 g/mol. The molecule has 2 aliphatic rings. The molecule has 262 valence electrons. The van der Waals surface area contributed by atoms with E-state index in [-0.39, 0.29) is 12.2 Å². The van der Waals surface area contributed by atoms with E-state index in [4.69, 9.17) is 47.4 Å². The van der Waals surface area contributed by atoms with Crippen molar-refractivity contribution in [1.82, 2.24) is 4.98 Å². The van der Waals surface area contributed by atoms with E-state index in [1.54, 1.807) is 12.4 Å². The Bertz CT molecular complexity index is 1700. The molecule has 11 nitrogen and oxygen atoms in total. The summed E-state index contributed by atoms with van der Waals surface area (Å²) in [4.78, 5) is 4.33. The van der Waals surface area contributed by atoms with Crippen LogP contribution in [0, 0.1) is 0 Å². The minimum atomic E-state index is 0.276. The van der Waals surface area contributed by atoms with Crippen molar-refractivity contribution in [2.24, 2.45) is 0 Å². The summed E-state index contributed by atoms with van der Waals surface area (Å²) in [6.45, 7) is 6.98. The van der Waals surface area contributed by atoms with E-state index in [0.717, 1.165) is 46.3 Å². The van der Waals surface area contributed by atoms with Gasteiger partial charge in [0, 0.05) is 6.07 Å². The molecule has 0 bridgehead atoms. The molecule has 2 atom stereocenters. The number of nitrogens with zero attached hydrogens (tertiary/aromatic N) is 1. The molecule has 0 N–H and O–H groups in total. The lowest BCUT2D eigenvalue weighted by molar-refractivity contribution is 0.0317. The largest absolute Gasteiger partial charge is 0.491 e. The predicted molar refractivity (Wildman–Crippen MR) is 186 cm³/mol. The standard InChI is InChI=1S/C39H41NO10/c1-5-32(45-15-13-41-9-11-43-24-38-26-47-38)17-28-3-7-34(19-30(1)28)49-36-21-37(23-40-22-36)50-35-8-4-29-18-33(6-2-31(29)20-35)46-16-14-42-10-12-44-25-39-27-48-39/h1-8,17-23,38-39H,9-16,24-27H2. The molecule has 2 aliphatic heterocycles. The van der Waals surface area contributed by atoms with Crippen molar-refractivity contribution >= 4 is 21.5 Å². The number of hydrogen-bond acceptors (Lipinski definition) is 11. The first-order valence-electron chi connectivity index (χ1n) is 16.9. The Morgan fingerprint density at radius 2 is 0.820 bits per heavy atom. The fraction of sp³-hybridized carbons (Fsp3) is 0.359. The molecule has 0 aliphatic carbocycles. The van der Waals surface area contributed by atoms with Crippen molar-refractivity contribution in [3.63, 3.8) is 0 Å². The summed E-state index contributed by atoms with van der Waals surface area (Å²) >= 11 is 0. The maximum Gasteiger partial charge on any atom is 0.149 e. The van der Waals surface area contributed by atoms with Gasteiger partial charge in [-0.15, -0.1) is 0 Å². The van der Waals surface area contributed by atoms with Gasteiger partial charge in [0.2, 0.25) is 0 Å². The Kier molecular flexibility index (Phi) is 11.9. The van der Waals surface area contributed by atoms with Gasteiger partial charge in [0.15, 0.2) is 0 Å². The van der Waals surface area contributed by atoms with Crippen molar-refractivity contribution in [3.8, 4) is 34.5 Å². The highest BCUT2D eigenvalue weighted by atomic mass is 16.6. The third-order valence-corrected chi connectivity index (χ3v) is 7.87. The van der Waals surface area contributed by atoms with Crippen molar-refractivity contribution < 1.29 is 47.4 Å². The number of benzene rings is 4. The van der Waals surface area contributed by atoms with Gasteiger partial charge < -0.3 is 47.4 Å². The van der Waals surface area contributed by atoms with Gasteiger partial charge in [0.1, 0.15) is 59.9 Å². The van der Waals surface area contributed by atoms with Crippen LogP contribution in [0.4, 0.5) is 0 Å². The molecular weight excluding hydrogens is 642 g/mol. The summed E-state index contributed by atoms with van der Waals surface area (Å²) in [7, 11) is 0. The van der Waals surface area contributed by atoms with Gasteiger partial charge in [0.25, 0.3) is 0 Å². The van der Waals surface area contributed by atoms with Gasteiger partial charge >= 0.3 is 0 Å². The summed E-state index contributed by atoms with van der Waals surface area (Å²) in [6.07, 6.45) is 3.88. The van der Waals surface area contributed by atoms with Crippen LogP contribution in [0.3, 0.4) is 0 Å². The van der Waals surface area contributed by atoms with Gasteiger partial charge in [-0.3, -0.25) is 4.98 Å². The lowest BCUT2D eigenvalue weighted by Crippen LogP contribution is -2.12. The summed E-state index contributed by atoms with van der Waals surface area (Å²) in [5, 5.41) is 4.15. The molecule has 0 spiro atoms. The molecule has 11 heteroatoms. The van der Waals surface area contributed by atoms with Crippen LogP contribution in [0.25, 0.3) is 21.5 Å². The van der Waals surface area contributed by atoms with E-state index in [1.165, 1.54) is 0 Å². The fourth-order valence-corrected chi connectivity index (χ4v) is 5.13. The zero-order valence-electron chi connectivity index (χ0n) is 27.8. The van der Waals surface area contributed by atoms with Gasteiger partial charge in [-0.1, -0.05) is 24.3 Å². The summed E-state index contributed by atoms with van der Waals surface area (Å²) in [6, 6.07) is 25.6. The van der Waals surface area contributed by atoms with E-state index < -0.39 is 0 Å². The van der Waals surface area contributed by atoms with E-state index in [2.05, 4.69) is 4.98 Å². The van der Waals surface area contributed by atoms with E-state index in [1.807, 2.05) is 78.9 Å². The molecule has 2 unspecified atom stereocenters. The molecule has 2 saturated heterocycles. The third-order valence-electron chi connectivity index (χ3n) is 7.87. The zero-order chi connectivity index (χ0) is 33.8. The first-order chi connectivity index (χ1) is 24.7. The highest BCUT2D eigenvalue weighted by Gasteiger charge is 2.22. The van der Waals surface area contributed by atoms with Gasteiger partial charge in [-0.05, 0) is 70.1 Å². The second-order valence-electron chi connectivity index (χ2n) is 11.9. The Balaban J connectivity index is 0.852. The molecule has 0 amide bonds. The molecule has 4 aromatic carbocycles. The van der Waals surface area contributed by atoms with Gasteiger partial charge in [-0.2, -0.15) is 0 Å². The van der Waals surface area contributed by atoms with Crippen LogP contribution < -0.4 is 18.9 Å². The normalized spacial score (nSPS) is 16.4. The van der Waals surface area contributed by atoms with Gasteiger partial charge in [0.05, 0.1) is 78.5 Å². The summed E-state index contributed by atoms with van der Waals surface area (Å²) in [5.74, 6) is 4.09. The van der Waals surface area contributed by atoms with E-state index >= 15 is 0 Å². The molecule has 3 heterocycles. The lowest BCUT2D eigenvalue weighted by Gasteiger charge is -2.11. The van der Waals surface area contributed by atoms with Crippen molar-refractivity contribution in [1.29, 1.82) is 0 Å². The summed E-state index contributed by atoms with van der Waals surface area (Å²) < 4.78 is 56.3. The topological polar surface area (TPSA) is 112 Å². The molecule has 2 fully saturated rings. The van der Waals surface area contributed by atoms with Crippen LogP contribution in [0.1, 0.15) is 0 Å². The van der Waals surface area contributed by atoms with Crippen molar-refractivity contribution in [2.75, 3.05) is 79.3 Å². The highest BCUT2D eigenvalue weighted by molar-refractivity contribution is 5.86. The third kappa shape index (κ3) is 10.8. The van der Waals surface area contributed by atoms with Crippen molar-refractivity contribution in [2.45, 2.75) is 12.2 Å². The average molecular weight is 684 g/mol. The van der Waals surface area contributed by atoms with Crippen LogP contribution in [0.5, 0.6) is 34.5 Å². The smallest absolute Gasteiger partial charge is 0.149 e. The van der Waals surface area contributed by atoms with Crippen LogP contribution in [-0.4, -0.2) is 96.5 Å². The number of pyridine rings is 1. The molecule has 7 rings (SSSR count). The molecule has 5 aromatic rings. The minimum absolute atomic E-state index is 0.276. The maximum absolute atomic E-state index is 6.15. The number of hydrogen-bond donors (Lipinski definition) is 0. The Labute approximate surface area is 290 Å². The average Bonchev–Trinajstić information content (AvgIpc) is 4.08. The van der Waals surface area contributed by atoms with Crippen LogP contribution in [0.15, 0.2) is 91.3 Å². The summed E-state index contributed by atoms with van der Waals surface area (Å²) in [5.41, 5.74) is 0. The zero-order valence-corrected chi connectivity index (χ0v) is 27.8. The molecular formula is C39H41NO10. The molecule has 1 aromatic heterocycles. The minimum Gasteiger partial charge on any atom is -0.491 e. The first kappa shape index (κ1) is 34.0. The van der Waals surface area contributed by atoms with E-state index in [9.17, 15) is 0 Å². The SMILES string of the molecule is c1cc2cc(Oc3cncc(Oc4ccc5cc(OCCOCCOCC6CO6)ccc5c4)c3)ccc2cc1OCCOCCOCC1CO1. The van der Waals surface area contributed by atoms with Crippen LogP contribution >= 0.6 is 0 Å². The Hall–Kier alpha value is -4.49.